The molecule has 1 fully saturated rings. The van der Waals surface area contributed by atoms with Crippen molar-refractivity contribution in [3.63, 3.8) is 0 Å². The van der Waals surface area contributed by atoms with Gasteiger partial charge >= 0.3 is 0 Å². The van der Waals surface area contributed by atoms with E-state index >= 15 is 0 Å². The highest BCUT2D eigenvalue weighted by atomic mass is 79.9. The van der Waals surface area contributed by atoms with Crippen molar-refractivity contribution in [2.45, 2.75) is 19.8 Å². The minimum absolute atomic E-state index is 0.132. The first-order valence-electron chi connectivity index (χ1n) is 6.75. The van der Waals surface area contributed by atoms with E-state index in [2.05, 4.69) is 37.0 Å². The van der Waals surface area contributed by atoms with Crippen LogP contribution in [0.2, 0.25) is 5.02 Å². The molecule has 21 heavy (non-hydrogen) atoms. The standard InChI is InChI=1S/C13H19Br2ClN2O2S/c1-9-12(16)11(18(2)17-9)5-13(7-14,8-15)10-3-4-21(19,20)6-10/h10H,3-8H2,1-2H3. The van der Waals surface area contributed by atoms with Gasteiger partial charge < -0.3 is 0 Å². The third-order valence-electron chi connectivity index (χ3n) is 4.41. The van der Waals surface area contributed by atoms with Gasteiger partial charge in [-0.1, -0.05) is 43.5 Å². The Kier molecular flexibility index (Phi) is 5.49. The van der Waals surface area contributed by atoms with Gasteiger partial charge in [-0.15, -0.1) is 0 Å². The van der Waals surface area contributed by atoms with E-state index in [1.54, 1.807) is 4.68 Å². The van der Waals surface area contributed by atoms with Crippen molar-refractivity contribution in [3.05, 3.63) is 16.4 Å². The predicted molar refractivity (Wildman–Crippen MR) is 93.4 cm³/mol. The summed E-state index contributed by atoms with van der Waals surface area (Å²) in [6.45, 7) is 1.88. The van der Waals surface area contributed by atoms with Crippen LogP contribution in [0.3, 0.4) is 0 Å². The third kappa shape index (κ3) is 3.51. The molecule has 2 heterocycles. The lowest BCUT2D eigenvalue weighted by atomic mass is 9.75. The largest absolute Gasteiger partial charge is 0.271 e. The molecule has 0 saturated carbocycles. The van der Waals surface area contributed by atoms with E-state index in [9.17, 15) is 8.42 Å². The van der Waals surface area contributed by atoms with Crippen LogP contribution in [-0.4, -0.2) is 40.4 Å². The first kappa shape index (κ1) is 17.8. The molecule has 1 atom stereocenters. The highest BCUT2D eigenvalue weighted by Gasteiger charge is 2.44. The van der Waals surface area contributed by atoms with Crippen LogP contribution in [0.4, 0.5) is 0 Å². The maximum atomic E-state index is 11.8. The van der Waals surface area contributed by atoms with Crippen LogP contribution >= 0.6 is 43.5 Å². The van der Waals surface area contributed by atoms with E-state index in [0.717, 1.165) is 22.0 Å². The molecule has 1 unspecified atom stereocenters. The molecular weight excluding hydrogens is 443 g/mol. The van der Waals surface area contributed by atoms with Gasteiger partial charge in [0.2, 0.25) is 0 Å². The van der Waals surface area contributed by atoms with Crippen LogP contribution < -0.4 is 0 Å². The molecule has 1 aromatic rings. The first-order valence-corrected chi connectivity index (χ1v) is 11.2. The summed E-state index contributed by atoms with van der Waals surface area (Å²) in [7, 11) is -1.02. The number of hydrogen-bond donors (Lipinski definition) is 0. The molecule has 0 amide bonds. The number of nitrogens with zero attached hydrogens (tertiary/aromatic N) is 2. The summed E-state index contributed by atoms with van der Waals surface area (Å²) in [6.07, 6.45) is 1.42. The minimum Gasteiger partial charge on any atom is -0.271 e. The summed E-state index contributed by atoms with van der Waals surface area (Å²) >= 11 is 13.6. The van der Waals surface area contributed by atoms with Crippen LogP contribution in [0.1, 0.15) is 17.8 Å². The summed E-state index contributed by atoms with van der Waals surface area (Å²) in [5.41, 5.74) is 1.61. The Hall–Kier alpha value is 0.410. The second-order valence-electron chi connectivity index (χ2n) is 5.88. The number of rotatable bonds is 5. The van der Waals surface area contributed by atoms with Crippen molar-refractivity contribution >= 4 is 53.3 Å². The van der Waals surface area contributed by atoms with Crippen molar-refractivity contribution in [2.24, 2.45) is 18.4 Å². The zero-order chi connectivity index (χ0) is 15.8. The van der Waals surface area contributed by atoms with Crippen LogP contribution in [0.25, 0.3) is 0 Å². The van der Waals surface area contributed by atoms with Gasteiger partial charge in [-0.25, -0.2) is 8.42 Å². The molecule has 0 N–H and O–H groups in total. The normalized spacial score (nSPS) is 21.9. The van der Waals surface area contributed by atoms with Crippen molar-refractivity contribution < 1.29 is 8.42 Å². The fourth-order valence-corrected chi connectivity index (χ4v) is 7.39. The van der Waals surface area contributed by atoms with E-state index in [1.807, 2.05) is 14.0 Å². The fourth-order valence-electron chi connectivity index (χ4n) is 2.98. The quantitative estimate of drug-likeness (QED) is 0.632. The Balaban J connectivity index is 2.35. The van der Waals surface area contributed by atoms with Gasteiger partial charge in [0.25, 0.3) is 0 Å². The van der Waals surface area contributed by atoms with Gasteiger partial charge in [-0.05, 0) is 31.1 Å². The molecular formula is C13H19Br2ClN2O2S. The summed E-state index contributed by atoms with van der Waals surface area (Å²) in [4.78, 5) is 0. The van der Waals surface area contributed by atoms with Crippen LogP contribution in [-0.2, 0) is 23.3 Å². The summed E-state index contributed by atoms with van der Waals surface area (Å²) in [5.74, 6) is 0.684. The molecule has 1 aliphatic heterocycles. The lowest BCUT2D eigenvalue weighted by molar-refractivity contribution is 0.248. The molecule has 0 bridgehead atoms. The molecule has 0 aliphatic carbocycles. The number of sulfone groups is 1. The molecule has 1 aliphatic rings. The van der Waals surface area contributed by atoms with Crippen molar-refractivity contribution in [1.29, 1.82) is 0 Å². The average Bonchev–Trinajstić information content (AvgIpc) is 2.90. The summed E-state index contributed by atoms with van der Waals surface area (Å²) in [6, 6.07) is 0. The average molecular weight is 463 g/mol. The lowest BCUT2D eigenvalue weighted by Crippen LogP contribution is -2.38. The SMILES string of the molecule is Cc1nn(C)c(CC(CBr)(CBr)C2CCS(=O)(=O)C2)c1Cl. The van der Waals surface area contributed by atoms with E-state index in [1.165, 1.54) is 0 Å². The Labute approximate surface area is 147 Å². The molecule has 8 heteroatoms. The smallest absolute Gasteiger partial charge is 0.150 e. The highest BCUT2D eigenvalue weighted by Crippen LogP contribution is 2.43. The van der Waals surface area contributed by atoms with Gasteiger partial charge in [0.05, 0.1) is 27.9 Å². The Morgan fingerprint density at radius 2 is 2.05 bits per heavy atom. The van der Waals surface area contributed by atoms with E-state index in [4.69, 9.17) is 11.6 Å². The monoisotopic (exact) mass is 460 g/mol. The van der Waals surface area contributed by atoms with Gasteiger partial charge in [0.15, 0.2) is 9.84 Å². The Bertz CT molecular complexity index is 626. The van der Waals surface area contributed by atoms with Crippen molar-refractivity contribution in [2.75, 3.05) is 22.2 Å². The maximum absolute atomic E-state index is 11.8. The van der Waals surface area contributed by atoms with E-state index in [0.29, 0.717) is 17.9 Å². The van der Waals surface area contributed by atoms with Gasteiger partial charge in [-0.2, -0.15) is 5.10 Å². The number of hydrogen-bond acceptors (Lipinski definition) is 3. The van der Waals surface area contributed by atoms with Crippen LogP contribution in [0.5, 0.6) is 0 Å². The number of aromatic nitrogens is 2. The number of halogens is 3. The highest BCUT2D eigenvalue weighted by molar-refractivity contribution is 9.09. The Morgan fingerprint density at radius 3 is 2.43 bits per heavy atom. The Morgan fingerprint density at radius 1 is 1.43 bits per heavy atom. The number of alkyl halides is 2. The van der Waals surface area contributed by atoms with Gasteiger partial charge in [0.1, 0.15) is 0 Å². The third-order valence-corrected chi connectivity index (χ3v) is 8.90. The molecule has 0 aromatic carbocycles. The van der Waals surface area contributed by atoms with Crippen molar-refractivity contribution in [1.82, 2.24) is 9.78 Å². The zero-order valence-electron chi connectivity index (χ0n) is 12.1. The minimum atomic E-state index is -2.90. The predicted octanol–water partition coefficient (Wildman–Crippen LogP) is 3.14. The summed E-state index contributed by atoms with van der Waals surface area (Å²) < 4.78 is 25.5. The molecule has 1 aromatic heterocycles. The molecule has 4 nitrogen and oxygen atoms in total. The van der Waals surface area contributed by atoms with Gasteiger partial charge in [-0.3, -0.25) is 4.68 Å². The first-order chi connectivity index (χ1) is 9.74. The molecule has 2 rings (SSSR count). The lowest BCUT2D eigenvalue weighted by Gasteiger charge is -2.35. The fraction of sp³-hybridized carbons (Fsp3) is 0.769. The van der Waals surface area contributed by atoms with E-state index < -0.39 is 9.84 Å². The van der Waals surface area contributed by atoms with Crippen LogP contribution in [0.15, 0.2) is 0 Å². The summed E-state index contributed by atoms with van der Waals surface area (Å²) in [5, 5.41) is 6.50. The second-order valence-corrected chi connectivity index (χ2v) is 9.60. The molecule has 0 radical (unpaired) electrons. The molecule has 0 spiro atoms. The molecule has 1 saturated heterocycles. The zero-order valence-corrected chi connectivity index (χ0v) is 16.8. The second kappa shape index (κ2) is 6.49. The van der Waals surface area contributed by atoms with Crippen LogP contribution in [0, 0.1) is 18.3 Å². The van der Waals surface area contributed by atoms with Gasteiger partial charge in [0, 0.05) is 17.7 Å². The van der Waals surface area contributed by atoms with E-state index in [-0.39, 0.29) is 22.8 Å². The molecule has 120 valence electrons. The number of aryl methyl sites for hydroxylation is 2. The van der Waals surface area contributed by atoms with Crippen molar-refractivity contribution in [3.8, 4) is 0 Å². The maximum Gasteiger partial charge on any atom is 0.150 e. The topological polar surface area (TPSA) is 52.0 Å².